The van der Waals surface area contributed by atoms with Crippen molar-refractivity contribution in [2.24, 2.45) is 0 Å². The number of fused-ring (bicyclic) bond motifs is 2. The first kappa shape index (κ1) is 17.4. The Morgan fingerprint density at radius 1 is 1.07 bits per heavy atom. The quantitative estimate of drug-likeness (QED) is 0.679. The van der Waals surface area contributed by atoms with E-state index in [9.17, 15) is 13.2 Å². The molecule has 1 aliphatic rings. The molecule has 27 heavy (non-hydrogen) atoms. The minimum atomic E-state index is -3.77. The van der Waals surface area contributed by atoms with Gasteiger partial charge in [0.05, 0.1) is 16.8 Å². The van der Waals surface area contributed by atoms with Crippen LogP contribution in [0, 0.1) is 0 Å². The zero-order valence-corrected chi connectivity index (χ0v) is 15.0. The number of hydrogen-bond acceptors (Lipinski definition) is 7. The summed E-state index contributed by atoms with van der Waals surface area (Å²) in [6, 6.07) is 11.3. The van der Waals surface area contributed by atoms with Crippen LogP contribution in [0.2, 0.25) is 0 Å². The Bertz CT molecular complexity index is 1160. The van der Waals surface area contributed by atoms with Crippen LogP contribution in [0.4, 0.5) is 0 Å². The van der Waals surface area contributed by atoms with E-state index in [2.05, 4.69) is 15.0 Å². The molecule has 0 atom stereocenters. The van der Waals surface area contributed by atoms with Gasteiger partial charge in [0.2, 0.25) is 10.0 Å². The average molecular weight is 388 g/mol. The Labute approximate surface area is 154 Å². The maximum atomic E-state index is 12.5. The van der Waals surface area contributed by atoms with Gasteiger partial charge in [-0.25, -0.2) is 17.8 Å². The fourth-order valence-corrected chi connectivity index (χ4v) is 3.77. The molecule has 4 rings (SSSR count). The first-order chi connectivity index (χ1) is 13.0. The third kappa shape index (κ3) is 3.49. The number of nitrogens with zero attached hydrogens (tertiary/aromatic N) is 3. The highest BCUT2D eigenvalue weighted by Gasteiger charge is 2.19. The van der Waals surface area contributed by atoms with Crippen LogP contribution in [0.25, 0.3) is 10.9 Å². The summed E-state index contributed by atoms with van der Waals surface area (Å²) in [5, 5.41) is 8.24. The highest BCUT2D eigenvalue weighted by atomic mass is 32.2. The molecule has 0 spiro atoms. The van der Waals surface area contributed by atoms with Crippen LogP contribution in [-0.2, 0) is 16.6 Å². The highest BCUT2D eigenvalue weighted by Crippen LogP contribution is 2.32. The van der Waals surface area contributed by atoms with Crippen LogP contribution >= 0.6 is 0 Å². The van der Waals surface area contributed by atoms with Crippen LogP contribution in [0.15, 0.2) is 52.2 Å². The average Bonchev–Trinajstić information content (AvgIpc) is 2.69. The first-order valence-corrected chi connectivity index (χ1v) is 9.75. The van der Waals surface area contributed by atoms with Gasteiger partial charge in [0.1, 0.15) is 18.7 Å². The van der Waals surface area contributed by atoms with Gasteiger partial charge < -0.3 is 9.47 Å². The van der Waals surface area contributed by atoms with E-state index in [0.717, 1.165) is 4.68 Å². The second-order valence-electron chi connectivity index (χ2n) is 5.84. The Balaban J connectivity index is 1.48. The van der Waals surface area contributed by atoms with Crippen LogP contribution in [0.1, 0.15) is 0 Å². The monoisotopic (exact) mass is 388 g/mol. The zero-order chi connectivity index (χ0) is 18.9. The number of aromatic nitrogens is 3. The van der Waals surface area contributed by atoms with Gasteiger partial charge in [0.25, 0.3) is 5.56 Å². The van der Waals surface area contributed by atoms with E-state index >= 15 is 0 Å². The predicted octanol–water partition coefficient (Wildman–Crippen LogP) is 0.541. The molecule has 0 saturated carbocycles. The second-order valence-corrected chi connectivity index (χ2v) is 7.61. The van der Waals surface area contributed by atoms with E-state index in [1.165, 1.54) is 12.1 Å². The Morgan fingerprint density at radius 2 is 1.85 bits per heavy atom. The lowest BCUT2D eigenvalue weighted by Gasteiger charge is -2.18. The molecule has 1 aromatic heterocycles. The molecule has 0 fully saturated rings. The molecule has 0 radical (unpaired) electrons. The molecule has 10 heteroatoms. The lowest BCUT2D eigenvalue weighted by atomic mass is 10.2. The van der Waals surface area contributed by atoms with Gasteiger partial charge in [-0.15, -0.1) is 5.10 Å². The summed E-state index contributed by atoms with van der Waals surface area (Å²) in [5.74, 6) is 0.902. The van der Waals surface area contributed by atoms with Crippen molar-refractivity contribution in [3.63, 3.8) is 0 Å². The van der Waals surface area contributed by atoms with Crippen LogP contribution in [-0.4, -0.2) is 43.2 Å². The summed E-state index contributed by atoms with van der Waals surface area (Å²) in [6.45, 7) is 0.844. The number of hydrogen-bond donors (Lipinski definition) is 1. The van der Waals surface area contributed by atoms with Crippen molar-refractivity contribution in [2.75, 3.05) is 19.8 Å². The fraction of sp³-hybridized carbons (Fsp3) is 0.235. The minimum absolute atomic E-state index is 0.0102. The number of nitrogens with one attached hydrogen (secondary N) is 1. The summed E-state index contributed by atoms with van der Waals surface area (Å²) in [5.41, 5.74) is 0.176. The van der Waals surface area contributed by atoms with Crippen LogP contribution in [0.3, 0.4) is 0 Å². The Hall–Kier alpha value is -2.98. The van der Waals surface area contributed by atoms with E-state index in [1.807, 2.05) is 0 Å². The molecule has 0 amide bonds. The van der Waals surface area contributed by atoms with Crippen molar-refractivity contribution in [2.45, 2.75) is 11.4 Å². The molecule has 0 aliphatic carbocycles. The molecule has 1 aliphatic heterocycles. The molecule has 0 unspecified atom stereocenters. The van der Waals surface area contributed by atoms with Gasteiger partial charge in [-0.1, -0.05) is 17.3 Å². The molecule has 1 N–H and O–H groups in total. The lowest BCUT2D eigenvalue weighted by molar-refractivity contribution is 0.171. The standard InChI is InChI=1S/C17H16N4O5S/c22-17-13-3-1-2-4-14(13)19-20-21(17)8-7-18-27(23,24)12-5-6-15-16(11-12)26-10-9-25-15/h1-6,11,18H,7-10H2. The lowest BCUT2D eigenvalue weighted by Crippen LogP contribution is -2.32. The molecule has 2 aromatic carbocycles. The highest BCUT2D eigenvalue weighted by molar-refractivity contribution is 7.89. The molecule has 3 aromatic rings. The van der Waals surface area contributed by atoms with Gasteiger partial charge >= 0.3 is 0 Å². The number of benzene rings is 2. The van der Waals surface area contributed by atoms with Crippen LogP contribution < -0.4 is 19.8 Å². The SMILES string of the molecule is O=c1c2ccccc2nnn1CCNS(=O)(=O)c1ccc2c(c1)OCCO2. The van der Waals surface area contributed by atoms with E-state index in [1.54, 1.807) is 30.3 Å². The summed E-state index contributed by atoms with van der Waals surface area (Å²) in [6.07, 6.45) is 0. The Kier molecular flexibility index (Phi) is 4.50. The van der Waals surface area contributed by atoms with E-state index < -0.39 is 10.0 Å². The van der Waals surface area contributed by atoms with E-state index in [0.29, 0.717) is 35.6 Å². The fourth-order valence-electron chi connectivity index (χ4n) is 2.73. The zero-order valence-electron chi connectivity index (χ0n) is 14.2. The molecule has 140 valence electrons. The van der Waals surface area contributed by atoms with Crippen molar-refractivity contribution in [3.05, 3.63) is 52.8 Å². The first-order valence-electron chi connectivity index (χ1n) is 8.26. The van der Waals surface area contributed by atoms with Crippen molar-refractivity contribution >= 4 is 20.9 Å². The smallest absolute Gasteiger partial charge is 0.277 e. The topological polar surface area (TPSA) is 112 Å². The minimum Gasteiger partial charge on any atom is -0.486 e. The molecule has 0 saturated heterocycles. The molecule has 2 heterocycles. The van der Waals surface area contributed by atoms with Crippen molar-refractivity contribution < 1.29 is 17.9 Å². The number of sulfonamides is 1. The maximum absolute atomic E-state index is 12.5. The maximum Gasteiger partial charge on any atom is 0.277 e. The van der Waals surface area contributed by atoms with Gasteiger partial charge in [-0.3, -0.25) is 4.79 Å². The third-order valence-electron chi connectivity index (χ3n) is 4.07. The molecule has 9 nitrogen and oxygen atoms in total. The van der Waals surface area contributed by atoms with Crippen molar-refractivity contribution in [1.82, 2.24) is 19.7 Å². The number of ether oxygens (including phenoxy) is 2. The molecular weight excluding hydrogens is 372 g/mol. The normalized spacial score (nSPS) is 13.6. The van der Waals surface area contributed by atoms with Gasteiger partial charge in [0.15, 0.2) is 11.5 Å². The van der Waals surface area contributed by atoms with Gasteiger partial charge in [-0.2, -0.15) is 0 Å². The summed E-state index contributed by atoms with van der Waals surface area (Å²) < 4.78 is 39.3. The molecular formula is C17H16N4O5S. The van der Waals surface area contributed by atoms with E-state index in [-0.39, 0.29) is 23.5 Å². The largest absolute Gasteiger partial charge is 0.486 e. The summed E-state index contributed by atoms with van der Waals surface area (Å²) in [7, 11) is -3.77. The summed E-state index contributed by atoms with van der Waals surface area (Å²) >= 11 is 0. The Morgan fingerprint density at radius 3 is 2.70 bits per heavy atom. The van der Waals surface area contributed by atoms with Gasteiger partial charge in [0, 0.05) is 12.6 Å². The third-order valence-corrected chi connectivity index (χ3v) is 5.53. The second kappa shape index (κ2) is 6.97. The summed E-state index contributed by atoms with van der Waals surface area (Å²) in [4.78, 5) is 12.4. The van der Waals surface area contributed by atoms with Crippen molar-refractivity contribution in [3.8, 4) is 11.5 Å². The predicted molar refractivity (Wildman–Crippen MR) is 96.4 cm³/mol. The molecule has 0 bridgehead atoms. The van der Waals surface area contributed by atoms with E-state index in [4.69, 9.17) is 9.47 Å². The number of rotatable bonds is 5. The van der Waals surface area contributed by atoms with Gasteiger partial charge in [-0.05, 0) is 24.3 Å². The van der Waals surface area contributed by atoms with Crippen LogP contribution in [0.5, 0.6) is 11.5 Å². The van der Waals surface area contributed by atoms with Crippen molar-refractivity contribution in [1.29, 1.82) is 0 Å².